The molecule has 2 rings (SSSR count). The van der Waals surface area contributed by atoms with E-state index in [1.807, 2.05) is 0 Å². The number of hydrogen-bond acceptors (Lipinski definition) is 4. The first-order valence-corrected chi connectivity index (χ1v) is 5.33. The second kappa shape index (κ2) is 5.18. The first-order chi connectivity index (χ1) is 9.06. The summed E-state index contributed by atoms with van der Waals surface area (Å²) < 4.78 is 5.46. The average molecular weight is 258 g/mol. The molecule has 1 aromatic carbocycles. The van der Waals surface area contributed by atoms with Gasteiger partial charge in [-0.3, -0.25) is 9.78 Å². The minimum atomic E-state index is -1.01. The molecule has 0 aliphatic rings. The van der Waals surface area contributed by atoms with Gasteiger partial charge in [-0.2, -0.15) is 0 Å². The molecule has 3 N–H and O–H groups in total. The van der Waals surface area contributed by atoms with Gasteiger partial charge >= 0.3 is 5.97 Å². The van der Waals surface area contributed by atoms with Gasteiger partial charge in [0.15, 0.2) is 0 Å². The number of primary amides is 1. The first kappa shape index (κ1) is 12.6. The maximum atomic E-state index is 11.0. The Labute approximate surface area is 108 Å². The Kier molecular flexibility index (Phi) is 3.42. The number of hydrogen-bond donors (Lipinski definition) is 2. The quantitative estimate of drug-likeness (QED) is 0.868. The highest BCUT2D eigenvalue weighted by molar-refractivity contribution is 5.91. The number of aromatic carboxylic acids is 1. The molecule has 2 aromatic rings. The highest BCUT2D eigenvalue weighted by Gasteiger charge is 2.06. The van der Waals surface area contributed by atoms with Crippen molar-refractivity contribution in [1.82, 2.24) is 4.98 Å². The van der Waals surface area contributed by atoms with Crippen molar-refractivity contribution in [3.05, 3.63) is 53.9 Å². The Balaban J connectivity index is 2.19. The van der Waals surface area contributed by atoms with Gasteiger partial charge in [-0.05, 0) is 30.3 Å². The van der Waals surface area contributed by atoms with Crippen LogP contribution >= 0.6 is 0 Å². The van der Waals surface area contributed by atoms with Gasteiger partial charge in [-0.1, -0.05) is 0 Å². The van der Waals surface area contributed by atoms with Crippen molar-refractivity contribution in [2.24, 2.45) is 5.73 Å². The molecule has 96 valence electrons. The predicted molar refractivity (Wildman–Crippen MR) is 66.2 cm³/mol. The molecule has 0 saturated heterocycles. The number of nitrogens with zero attached hydrogens (tertiary/aromatic N) is 1. The summed E-state index contributed by atoms with van der Waals surface area (Å²) in [6.07, 6.45) is 1.40. The van der Waals surface area contributed by atoms with Crippen LogP contribution in [0.3, 0.4) is 0 Å². The molecular formula is C13H10N2O4. The van der Waals surface area contributed by atoms with E-state index in [0.29, 0.717) is 11.5 Å². The topological polar surface area (TPSA) is 103 Å². The summed E-state index contributed by atoms with van der Waals surface area (Å²) >= 11 is 0. The van der Waals surface area contributed by atoms with E-state index in [1.165, 1.54) is 36.5 Å². The molecule has 1 aromatic heterocycles. The summed E-state index contributed by atoms with van der Waals surface area (Å²) in [5, 5.41) is 8.76. The third-order valence-corrected chi connectivity index (χ3v) is 2.32. The van der Waals surface area contributed by atoms with Crippen LogP contribution in [0.15, 0.2) is 42.6 Å². The molecule has 0 bridgehead atoms. The van der Waals surface area contributed by atoms with Gasteiger partial charge in [0.1, 0.15) is 17.2 Å². The van der Waals surface area contributed by atoms with Crippen LogP contribution in [0.5, 0.6) is 11.5 Å². The molecule has 0 aliphatic heterocycles. The zero-order valence-corrected chi connectivity index (χ0v) is 9.74. The Bertz CT molecular complexity index is 623. The van der Waals surface area contributed by atoms with Gasteiger partial charge in [0, 0.05) is 12.3 Å². The van der Waals surface area contributed by atoms with Crippen molar-refractivity contribution in [1.29, 1.82) is 0 Å². The number of carboxylic acid groups (broad SMARTS) is 1. The molecule has 0 atom stereocenters. The van der Waals surface area contributed by atoms with E-state index in [0.717, 1.165) is 0 Å². The fraction of sp³-hybridized carbons (Fsp3) is 0. The summed E-state index contributed by atoms with van der Waals surface area (Å²) in [4.78, 5) is 25.4. The van der Waals surface area contributed by atoms with Crippen LogP contribution in [0.25, 0.3) is 0 Å². The number of benzene rings is 1. The number of rotatable bonds is 4. The Hall–Kier alpha value is -2.89. The second-order valence-electron chi connectivity index (χ2n) is 3.67. The Morgan fingerprint density at radius 1 is 1.11 bits per heavy atom. The van der Waals surface area contributed by atoms with Crippen molar-refractivity contribution in [3.63, 3.8) is 0 Å². The molecule has 0 spiro atoms. The van der Waals surface area contributed by atoms with Gasteiger partial charge in [-0.25, -0.2) is 4.79 Å². The van der Waals surface area contributed by atoms with Crippen molar-refractivity contribution < 1.29 is 19.4 Å². The van der Waals surface area contributed by atoms with E-state index >= 15 is 0 Å². The lowest BCUT2D eigenvalue weighted by atomic mass is 10.2. The van der Waals surface area contributed by atoms with Gasteiger partial charge in [0.2, 0.25) is 0 Å². The van der Waals surface area contributed by atoms with Crippen LogP contribution in [-0.2, 0) is 0 Å². The lowest BCUT2D eigenvalue weighted by molar-refractivity contribution is 0.0696. The summed E-state index contributed by atoms with van der Waals surface area (Å²) in [7, 11) is 0. The summed E-state index contributed by atoms with van der Waals surface area (Å²) in [5.74, 6) is -0.809. The van der Waals surface area contributed by atoms with Crippen molar-refractivity contribution in [2.75, 3.05) is 0 Å². The number of carboxylic acids is 1. The zero-order valence-electron chi connectivity index (χ0n) is 9.74. The van der Waals surface area contributed by atoms with Gasteiger partial charge in [0.05, 0.1) is 5.56 Å². The average Bonchev–Trinajstić information content (AvgIpc) is 2.39. The minimum absolute atomic E-state index is 0.0969. The molecular weight excluding hydrogens is 248 g/mol. The number of nitrogens with two attached hydrogens (primary N) is 1. The number of carbonyl (C=O) groups is 2. The summed E-state index contributed by atoms with van der Waals surface area (Å²) in [6.45, 7) is 0. The molecule has 0 saturated carbocycles. The Morgan fingerprint density at radius 3 is 2.37 bits per heavy atom. The van der Waals surface area contributed by atoms with E-state index in [4.69, 9.17) is 15.6 Å². The van der Waals surface area contributed by atoms with Crippen LogP contribution in [0.1, 0.15) is 20.8 Å². The maximum Gasteiger partial charge on any atom is 0.335 e. The fourth-order valence-corrected chi connectivity index (χ4v) is 1.41. The smallest absolute Gasteiger partial charge is 0.335 e. The third-order valence-electron chi connectivity index (χ3n) is 2.32. The number of aromatic nitrogens is 1. The molecule has 0 aliphatic carbocycles. The lowest BCUT2D eigenvalue weighted by Gasteiger charge is -2.06. The first-order valence-electron chi connectivity index (χ1n) is 5.33. The second-order valence-corrected chi connectivity index (χ2v) is 3.67. The highest BCUT2D eigenvalue weighted by Crippen LogP contribution is 2.21. The summed E-state index contributed by atoms with van der Waals surface area (Å²) in [5.41, 5.74) is 5.37. The minimum Gasteiger partial charge on any atom is -0.478 e. The fourth-order valence-electron chi connectivity index (χ4n) is 1.41. The molecule has 6 heteroatoms. The van der Waals surface area contributed by atoms with Crippen LogP contribution in [-0.4, -0.2) is 22.0 Å². The number of amides is 1. The third kappa shape index (κ3) is 3.06. The predicted octanol–water partition coefficient (Wildman–Crippen LogP) is 1.67. The molecule has 0 unspecified atom stereocenters. The largest absolute Gasteiger partial charge is 0.478 e. The summed E-state index contributed by atoms with van der Waals surface area (Å²) in [6, 6.07) is 8.87. The van der Waals surface area contributed by atoms with Crippen LogP contribution < -0.4 is 10.5 Å². The van der Waals surface area contributed by atoms with Crippen molar-refractivity contribution >= 4 is 11.9 Å². The van der Waals surface area contributed by atoms with Crippen LogP contribution in [0, 0.1) is 0 Å². The molecule has 1 amide bonds. The number of pyridine rings is 1. The molecule has 0 radical (unpaired) electrons. The normalized spacial score (nSPS) is 9.89. The number of ether oxygens (including phenoxy) is 1. The van der Waals surface area contributed by atoms with Crippen LogP contribution in [0.2, 0.25) is 0 Å². The van der Waals surface area contributed by atoms with E-state index < -0.39 is 11.9 Å². The maximum absolute atomic E-state index is 11.0. The van der Waals surface area contributed by atoms with E-state index in [2.05, 4.69) is 4.98 Å². The van der Waals surface area contributed by atoms with Gasteiger partial charge in [-0.15, -0.1) is 0 Å². The molecule has 1 heterocycles. The van der Waals surface area contributed by atoms with Crippen molar-refractivity contribution in [3.8, 4) is 11.5 Å². The highest BCUT2D eigenvalue weighted by atomic mass is 16.5. The standard InChI is InChI=1S/C13H10N2O4/c14-12(16)11-7-10(5-6-15-11)19-9-3-1-8(2-4-9)13(17)18/h1-7H,(H2,14,16)(H,17,18). The van der Waals surface area contributed by atoms with Crippen LogP contribution in [0.4, 0.5) is 0 Å². The van der Waals surface area contributed by atoms with Gasteiger partial charge in [0.25, 0.3) is 5.91 Å². The van der Waals surface area contributed by atoms with Crippen molar-refractivity contribution in [2.45, 2.75) is 0 Å². The molecule has 0 fully saturated rings. The monoisotopic (exact) mass is 258 g/mol. The van der Waals surface area contributed by atoms with E-state index in [1.54, 1.807) is 6.07 Å². The lowest BCUT2D eigenvalue weighted by Crippen LogP contribution is -2.12. The zero-order chi connectivity index (χ0) is 13.8. The van der Waals surface area contributed by atoms with E-state index in [-0.39, 0.29) is 11.3 Å². The van der Waals surface area contributed by atoms with Gasteiger partial charge < -0.3 is 15.6 Å². The Morgan fingerprint density at radius 2 is 1.79 bits per heavy atom. The SMILES string of the molecule is NC(=O)c1cc(Oc2ccc(C(=O)O)cc2)ccn1. The van der Waals surface area contributed by atoms with E-state index in [9.17, 15) is 9.59 Å². The molecule has 6 nitrogen and oxygen atoms in total. The molecule has 19 heavy (non-hydrogen) atoms. The number of carbonyl (C=O) groups excluding carboxylic acids is 1.